The molecule has 8 heteroatoms. The lowest BCUT2D eigenvalue weighted by Gasteiger charge is -2.36. The molecule has 1 aliphatic heterocycles. The van der Waals surface area contributed by atoms with Gasteiger partial charge in [0.15, 0.2) is 0 Å². The van der Waals surface area contributed by atoms with Crippen LogP contribution >= 0.6 is 0 Å². The molecular formula is C19H17N3O4S. The molecule has 27 heavy (non-hydrogen) atoms. The van der Waals surface area contributed by atoms with Gasteiger partial charge in [-0.3, -0.25) is 4.79 Å². The van der Waals surface area contributed by atoms with Crippen LogP contribution in [0.5, 0.6) is 0 Å². The number of carbonyl (C=O) groups is 1. The van der Waals surface area contributed by atoms with E-state index >= 15 is 0 Å². The number of furan rings is 1. The van der Waals surface area contributed by atoms with Gasteiger partial charge in [0.1, 0.15) is 6.17 Å². The van der Waals surface area contributed by atoms with Crippen LogP contribution < -0.4 is 10.1 Å². The van der Waals surface area contributed by atoms with Crippen LogP contribution in [-0.2, 0) is 10.0 Å². The second-order valence-electron chi connectivity index (χ2n) is 6.23. The molecule has 0 unspecified atom stereocenters. The lowest BCUT2D eigenvalue weighted by Crippen LogP contribution is -2.52. The third kappa shape index (κ3) is 3.20. The molecule has 1 amide bonds. The fraction of sp³-hybridized carbons (Fsp3) is 0.105. The van der Waals surface area contributed by atoms with Crippen molar-refractivity contribution in [1.29, 1.82) is 0 Å². The van der Waals surface area contributed by atoms with Gasteiger partial charge in [0.05, 0.1) is 23.0 Å². The van der Waals surface area contributed by atoms with E-state index in [0.29, 0.717) is 16.8 Å². The van der Waals surface area contributed by atoms with E-state index in [0.717, 1.165) is 10.6 Å². The van der Waals surface area contributed by atoms with Gasteiger partial charge in [-0.1, -0.05) is 29.8 Å². The highest BCUT2D eigenvalue weighted by molar-refractivity contribution is 7.89. The topological polar surface area (TPSA) is 91.7 Å². The fourth-order valence-corrected chi connectivity index (χ4v) is 3.96. The predicted molar refractivity (Wildman–Crippen MR) is 99.2 cm³/mol. The Hall–Kier alpha value is -3.10. The van der Waals surface area contributed by atoms with Crippen LogP contribution in [-0.4, -0.2) is 19.3 Å². The summed E-state index contributed by atoms with van der Waals surface area (Å²) in [6, 6.07) is 15.0. The molecule has 2 heterocycles. The van der Waals surface area contributed by atoms with Gasteiger partial charge in [-0.15, -0.1) is 4.83 Å². The Morgan fingerprint density at radius 1 is 1.07 bits per heavy atom. The van der Waals surface area contributed by atoms with Crippen molar-refractivity contribution in [2.45, 2.75) is 18.0 Å². The molecule has 2 aromatic carbocycles. The Kier molecular flexibility index (Phi) is 4.21. The van der Waals surface area contributed by atoms with Gasteiger partial charge in [0, 0.05) is 11.3 Å². The summed E-state index contributed by atoms with van der Waals surface area (Å²) in [5.74, 6) is -0.453. The maximum Gasteiger partial charge on any atom is 0.273 e. The molecule has 0 spiro atoms. The van der Waals surface area contributed by atoms with Crippen molar-refractivity contribution in [3.8, 4) is 0 Å². The summed E-state index contributed by atoms with van der Waals surface area (Å²) in [4.78, 5) is 15.5. The first-order chi connectivity index (χ1) is 13.0. The Morgan fingerprint density at radius 3 is 2.52 bits per heavy atom. The minimum Gasteiger partial charge on any atom is -0.472 e. The molecule has 7 nitrogen and oxygen atoms in total. The smallest absolute Gasteiger partial charge is 0.273 e. The molecule has 0 aliphatic carbocycles. The summed E-state index contributed by atoms with van der Waals surface area (Å²) >= 11 is 0. The van der Waals surface area contributed by atoms with Crippen molar-refractivity contribution in [2.75, 3.05) is 5.32 Å². The van der Waals surface area contributed by atoms with Crippen LogP contribution in [0.3, 0.4) is 0 Å². The van der Waals surface area contributed by atoms with Crippen LogP contribution in [0.4, 0.5) is 5.69 Å². The molecule has 4 rings (SSSR count). The zero-order chi connectivity index (χ0) is 19.0. The molecule has 0 bridgehead atoms. The molecule has 138 valence electrons. The molecule has 0 saturated heterocycles. The first kappa shape index (κ1) is 17.3. The quantitative estimate of drug-likeness (QED) is 0.723. The van der Waals surface area contributed by atoms with Crippen molar-refractivity contribution >= 4 is 21.6 Å². The lowest BCUT2D eigenvalue weighted by molar-refractivity contribution is 0.0632. The normalized spacial score (nSPS) is 16.7. The lowest BCUT2D eigenvalue weighted by atomic mass is 10.1. The van der Waals surface area contributed by atoms with E-state index in [1.54, 1.807) is 42.5 Å². The number of amides is 1. The van der Waals surface area contributed by atoms with E-state index in [1.807, 2.05) is 6.92 Å². The second-order valence-corrected chi connectivity index (χ2v) is 7.89. The molecular weight excluding hydrogens is 366 g/mol. The van der Waals surface area contributed by atoms with Crippen LogP contribution in [0, 0.1) is 6.92 Å². The number of fused-ring (bicyclic) bond motifs is 1. The van der Waals surface area contributed by atoms with Crippen molar-refractivity contribution in [3.05, 3.63) is 83.8 Å². The number of hydrogen-bond acceptors (Lipinski definition) is 5. The number of para-hydroxylation sites is 1. The van der Waals surface area contributed by atoms with Crippen molar-refractivity contribution in [3.63, 3.8) is 0 Å². The third-order valence-corrected chi connectivity index (χ3v) is 5.67. The van der Waals surface area contributed by atoms with E-state index in [9.17, 15) is 13.2 Å². The molecule has 1 aromatic heterocycles. The molecule has 0 saturated carbocycles. The number of benzene rings is 2. The molecule has 0 fully saturated rings. The maximum atomic E-state index is 13.0. The highest BCUT2D eigenvalue weighted by atomic mass is 32.2. The molecule has 1 atom stereocenters. The average molecular weight is 383 g/mol. The summed E-state index contributed by atoms with van der Waals surface area (Å²) in [6.45, 7) is 1.87. The Morgan fingerprint density at radius 2 is 1.81 bits per heavy atom. The van der Waals surface area contributed by atoms with E-state index < -0.39 is 22.1 Å². The van der Waals surface area contributed by atoms with Gasteiger partial charge in [0.2, 0.25) is 0 Å². The second kappa shape index (κ2) is 6.57. The summed E-state index contributed by atoms with van der Waals surface area (Å²) in [6.07, 6.45) is 2.19. The number of anilines is 1. The van der Waals surface area contributed by atoms with Gasteiger partial charge in [0.25, 0.3) is 15.9 Å². The summed E-state index contributed by atoms with van der Waals surface area (Å²) in [5.41, 5.74) is 2.56. The number of aryl methyl sites for hydroxylation is 1. The van der Waals surface area contributed by atoms with Crippen molar-refractivity contribution in [2.24, 2.45) is 0 Å². The number of carbonyl (C=O) groups excluding carboxylic acids is 1. The zero-order valence-corrected chi connectivity index (χ0v) is 15.2. The Balaban J connectivity index is 1.74. The highest BCUT2D eigenvalue weighted by Crippen LogP contribution is 2.32. The maximum absolute atomic E-state index is 13.0. The fourth-order valence-electron chi connectivity index (χ4n) is 2.91. The van der Waals surface area contributed by atoms with Crippen LogP contribution in [0.1, 0.15) is 27.7 Å². The minimum absolute atomic E-state index is 0.0747. The largest absolute Gasteiger partial charge is 0.472 e. The number of rotatable bonds is 4. The number of nitrogens with zero attached hydrogens (tertiary/aromatic N) is 1. The number of hydrogen-bond donors (Lipinski definition) is 2. The van der Waals surface area contributed by atoms with Gasteiger partial charge in [-0.2, -0.15) is 0 Å². The van der Waals surface area contributed by atoms with Crippen molar-refractivity contribution in [1.82, 2.24) is 9.84 Å². The molecule has 3 aromatic rings. The SMILES string of the molecule is Cc1ccc(S(=O)(=O)NN2C(=O)c3ccccc3N[C@@H]2c2ccoc2)cc1. The summed E-state index contributed by atoms with van der Waals surface area (Å²) < 4.78 is 30.8. The predicted octanol–water partition coefficient (Wildman–Crippen LogP) is 3.05. The monoisotopic (exact) mass is 383 g/mol. The highest BCUT2D eigenvalue weighted by Gasteiger charge is 2.36. The van der Waals surface area contributed by atoms with Gasteiger partial charge in [-0.05, 0) is 37.3 Å². The van der Waals surface area contributed by atoms with E-state index in [2.05, 4.69) is 10.1 Å². The van der Waals surface area contributed by atoms with E-state index in [4.69, 9.17) is 4.42 Å². The third-order valence-electron chi connectivity index (χ3n) is 4.34. The first-order valence-electron chi connectivity index (χ1n) is 8.26. The zero-order valence-electron chi connectivity index (χ0n) is 14.4. The molecule has 2 N–H and O–H groups in total. The number of hydrazine groups is 1. The first-order valence-corrected chi connectivity index (χ1v) is 9.74. The Labute approximate surface area is 156 Å². The average Bonchev–Trinajstić information content (AvgIpc) is 3.19. The van der Waals surface area contributed by atoms with Crippen LogP contribution in [0.2, 0.25) is 0 Å². The summed E-state index contributed by atoms with van der Waals surface area (Å²) in [5, 5.41) is 4.25. The van der Waals surface area contributed by atoms with Crippen molar-refractivity contribution < 1.29 is 17.6 Å². The number of sulfonamides is 1. The minimum atomic E-state index is -3.95. The molecule has 1 aliphatic rings. The van der Waals surface area contributed by atoms with E-state index in [1.165, 1.54) is 24.7 Å². The Bertz CT molecular complexity index is 1080. The van der Waals surface area contributed by atoms with Crippen LogP contribution in [0.15, 0.2) is 76.4 Å². The molecule has 0 radical (unpaired) electrons. The van der Waals surface area contributed by atoms with E-state index in [-0.39, 0.29) is 4.90 Å². The summed E-state index contributed by atoms with van der Waals surface area (Å²) in [7, 11) is -3.95. The van der Waals surface area contributed by atoms with Crippen LogP contribution in [0.25, 0.3) is 0 Å². The standard InChI is InChI=1S/C19H17N3O4S/c1-13-6-8-15(9-7-13)27(24,25)21-22-18(14-10-11-26-12-14)20-17-5-3-2-4-16(17)19(22)23/h2-12,18,20-21H,1H3/t18-/m0/s1. The van der Waals surface area contributed by atoms with Gasteiger partial charge >= 0.3 is 0 Å². The number of nitrogens with one attached hydrogen (secondary N) is 2. The van der Waals surface area contributed by atoms with Gasteiger partial charge in [-0.25, -0.2) is 13.4 Å². The van der Waals surface area contributed by atoms with Gasteiger partial charge < -0.3 is 9.73 Å².